The van der Waals surface area contributed by atoms with Crippen molar-refractivity contribution in [2.75, 3.05) is 19.6 Å². The molecule has 20 heavy (non-hydrogen) atoms. The van der Waals surface area contributed by atoms with E-state index in [1.165, 1.54) is 18.2 Å². The molecule has 0 atom stereocenters. The summed E-state index contributed by atoms with van der Waals surface area (Å²) < 4.78 is 0. The molecule has 2 heterocycles. The number of aromatic carboxylic acids is 1. The van der Waals surface area contributed by atoms with Gasteiger partial charge in [0.05, 0.1) is 6.54 Å². The van der Waals surface area contributed by atoms with E-state index >= 15 is 0 Å². The van der Waals surface area contributed by atoms with Gasteiger partial charge in [0, 0.05) is 13.1 Å². The van der Waals surface area contributed by atoms with Gasteiger partial charge in [-0.25, -0.2) is 9.78 Å². The van der Waals surface area contributed by atoms with Crippen LogP contribution in [0, 0.1) is 0 Å². The molecule has 0 bridgehead atoms. The van der Waals surface area contributed by atoms with Crippen LogP contribution in [-0.2, 0) is 4.79 Å². The lowest BCUT2D eigenvalue weighted by atomic mass is 10.3. The molecule has 0 saturated carbocycles. The Morgan fingerprint density at radius 2 is 1.85 bits per heavy atom. The van der Waals surface area contributed by atoms with Crippen molar-refractivity contribution in [3.05, 3.63) is 29.6 Å². The average Bonchev–Trinajstić information content (AvgIpc) is 2.98. The lowest BCUT2D eigenvalue weighted by Crippen LogP contribution is -2.38. The largest absolute Gasteiger partial charge is 0.477 e. The summed E-state index contributed by atoms with van der Waals surface area (Å²) in [5.41, 5.74) is -0.220. The molecule has 106 valence electrons. The summed E-state index contributed by atoms with van der Waals surface area (Å²) in [6, 6.07) is 4.14. The average molecular weight is 277 g/mol. The molecule has 0 unspecified atom stereocenters. The number of carbonyl (C=O) groups is 3. The topological polar surface area (TPSA) is 99.6 Å². The first-order chi connectivity index (χ1) is 9.58. The van der Waals surface area contributed by atoms with E-state index in [2.05, 4.69) is 10.3 Å². The first kappa shape index (κ1) is 14.0. The van der Waals surface area contributed by atoms with Gasteiger partial charge in [-0.3, -0.25) is 9.59 Å². The van der Waals surface area contributed by atoms with Crippen molar-refractivity contribution in [2.45, 2.75) is 12.8 Å². The van der Waals surface area contributed by atoms with E-state index in [0.29, 0.717) is 0 Å². The molecule has 1 aromatic rings. The van der Waals surface area contributed by atoms with Gasteiger partial charge < -0.3 is 15.3 Å². The van der Waals surface area contributed by atoms with E-state index in [-0.39, 0.29) is 23.8 Å². The Kier molecular flexibility index (Phi) is 4.29. The molecule has 1 aromatic heterocycles. The highest BCUT2D eigenvalue weighted by Crippen LogP contribution is 2.07. The number of amides is 2. The van der Waals surface area contributed by atoms with E-state index in [1.807, 2.05) is 0 Å². The van der Waals surface area contributed by atoms with Crippen LogP contribution in [0.1, 0.15) is 33.8 Å². The van der Waals surface area contributed by atoms with Crippen molar-refractivity contribution in [1.29, 1.82) is 0 Å². The zero-order valence-electron chi connectivity index (χ0n) is 10.8. The normalized spacial score (nSPS) is 14.1. The Morgan fingerprint density at radius 1 is 1.20 bits per heavy atom. The standard InChI is InChI=1S/C13H15N3O4/c17-11(16-6-1-2-7-16)8-14-12(18)9-4-3-5-10(15-9)13(19)20/h3-5H,1-2,6-8H2,(H,14,18)(H,19,20). The minimum absolute atomic E-state index is 0.0147. The SMILES string of the molecule is O=C(O)c1cccc(C(=O)NCC(=O)N2CCCC2)n1. The maximum Gasteiger partial charge on any atom is 0.354 e. The molecule has 1 fully saturated rings. The number of pyridine rings is 1. The highest BCUT2D eigenvalue weighted by Gasteiger charge is 2.19. The molecule has 0 spiro atoms. The predicted molar refractivity (Wildman–Crippen MR) is 69.3 cm³/mol. The fourth-order valence-electron chi connectivity index (χ4n) is 2.01. The second-order valence-corrected chi connectivity index (χ2v) is 4.48. The fraction of sp³-hybridized carbons (Fsp3) is 0.385. The minimum atomic E-state index is -1.20. The number of nitrogens with one attached hydrogen (secondary N) is 1. The van der Waals surface area contributed by atoms with E-state index in [0.717, 1.165) is 25.9 Å². The highest BCUT2D eigenvalue weighted by atomic mass is 16.4. The van der Waals surface area contributed by atoms with Crippen molar-refractivity contribution in [3.8, 4) is 0 Å². The molecular formula is C13H15N3O4. The van der Waals surface area contributed by atoms with Crippen LogP contribution < -0.4 is 5.32 Å². The van der Waals surface area contributed by atoms with Gasteiger partial charge in [-0.05, 0) is 25.0 Å². The minimum Gasteiger partial charge on any atom is -0.477 e. The number of likely N-dealkylation sites (tertiary alicyclic amines) is 1. The van der Waals surface area contributed by atoms with Crippen LogP contribution >= 0.6 is 0 Å². The van der Waals surface area contributed by atoms with Gasteiger partial charge in [0.2, 0.25) is 5.91 Å². The Balaban J connectivity index is 1.92. The van der Waals surface area contributed by atoms with Crippen molar-refractivity contribution < 1.29 is 19.5 Å². The predicted octanol–water partition coefficient (Wildman–Crippen LogP) is 0.132. The Labute approximate surface area is 115 Å². The van der Waals surface area contributed by atoms with Crippen LogP contribution in [0.15, 0.2) is 18.2 Å². The molecule has 2 N–H and O–H groups in total. The molecule has 1 aliphatic heterocycles. The third-order valence-corrected chi connectivity index (χ3v) is 3.06. The van der Waals surface area contributed by atoms with Crippen LogP contribution in [-0.4, -0.2) is 52.4 Å². The van der Waals surface area contributed by atoms with E-state index in [4.69, 9.17) is 5.11 Å². The molecule has 1 aliphatic rings. The van der Waals surface area contributed by atoms with Crippen molar-refractivity contribution in [2.24, 2.45) is 0 Å². The van der Waals surface area contributed by atoms with Crippen LogP contribution in [0.4, 0.5) is 0 Å². The zero-order chi connectivity index (χ0) is 14.5. The van der Waals surface area contributed by atoms with Gasteiger partial charge in [-0.15, -0.1) is 0 Å². The number of aromatic nitrogens is 1. The van der Waals surface area contributed by atoms with Crippen molar-refractivity contribution in [1.82, 2.24) is 15.2 Å². The van der Waals surface area contributed by atoms with Gasteiger partial charge in [0.25, 0.3) is 5.91 Å². The quantitative estimate of drug-likeness (QED) is 0.815. The molecule has 2 rings (SSSR count). The number of carbonyl (C=O) groups excluding carboxylic acids is 2. The lowest BCUT2D eigenvalue weighted by Gasteiger charge is -2.15. The molecular weight excluding hydrogens is 262 g/mol. The Bertz CT molecular complexity index is 538. The Morgan fingerprint density at radius 3 is 2.50 bits per heavy atom. The zero-order valence-corrected chi connectivity index (χ0v) is 10.8. The summed E-state index contributed by atoms with van der Waals surface area (Å²) in [4.78, 5) is 39.7. The van der Waals surface area contributed by atoms with E-state index < -0.39 is 11.9 Å². The number of rotatable bonds is 4. The summed E-state index contributed by atoms with van der Waals surface area (Å²) in [6.45, 7) is 1.35. The summed E-state index contributed by atoms with van der Waals surface area (Å²) >= 11 is 0. The van der Waals surface area contributed by atoms with E-state index in [1.54, 1.807) is 4.90 Å². The number of nitrogens with zero attached hydrogens (tertiary/aromatic N) is 2. The number of hydrogen-bond acceptors (Lipinski definition) is 4. The maximum absolute atomic E-state index is 11.8. The molecule has 7 nitrogen and oxygen atoms in total. The number of hydrogen-bond donors (Lipinski definition) is 2. The molecule has 0 aliphatic carbocycles. The van der Waals surface area contributed by atoms with Gasteiger partial charge in [0.15, 0.2) is 0 Å². The maximum atomic E-state index is 11.8. The van der Waals surface area contributed by atoms with E-state index in [9.17, 15) is 14.4 Å². The van der Waals surface area contributed by atoms with Gasteiger partial charge >= 0.3 is 5.97 Å². The molecule has 1 saturated heterocycles. The van der Waals surface area contributed by atoms with Crippen molar-refractivity contribution in [3.63, 3.8) is 0 Å². The Hall–Kier alpha value is -2.44. The van der Waals surface area contributed by atoms with Crippen LogP contribution in [0.2, 0.25) is 0 Å². The number of carboxylic acids is 1. The molecule has 2 amide bonds. The third kappa shape index (κ3) is 3.31. The third-order valence-electron chi connectivity index (χ3n) is 3.06. The summed E-state index contributed by atoms with van der Waals surface area (Å²) in [6.07, 6.45) is 1.98. The van der Waals surface area contributed by atoms with Crippen LogP contribution in [0.25, 0.3) is 0 Å². The first-order valence-electron chi connectivity index (χ1n) is 6.34. The number of carboxylic acid groups (broad SMARTS) is 1. The molecule has 0 radical (unpaired) electrons. The van der Waals surface area contributed by atoms with Gasteiger partial charge in [0.1, 0.15) is 11.4 Å². The van der Waals surface area contributed by atoms with Crippen LogP contribution in [0.3, 0.4) is 0 Å². The second-order valence-electron chi connectivity index (χ2n) is 4.48. The first-order valence-corrected chi connectivity index (χ1v) is 6.34. The second kappa shape index (κ2) is 6.14. The van der Waals surface area contributed by atoms with Crippen LogP contribution in [0.5, 0.6) is 0 Å². The molecule has 7 heteroatoms. The highest BCUT2D eigenvalue weighted by molar-refractivity contribution is 5.96. The lowest BCUT2D eigenvalue weighted by molar-refractivity contribution is -0.129. The van der Waals surface area contributed by atoms with Crippen molar-refractivity contribution >= 4 is 17.8 Å². The molecule has 0 aromatic carbocycles. The smallest absolute Gasteiger partial charge is 0.354 e. The summed E-state index contributed by atoms with van der Waals surface area (Å²) in [7, 11) is 0. The fourth-order valence-corrected chi connectivity index (χ4v) is 2.01. The van der Waals surface area contributed by atoms with Gasteiger partial charge in [-0.2, -0.15) is 0 Å². The van der Waals surface area contributed by atoms with Gasteiger partial charge in [-0.1, -0.05) is 6.07 Å². The summed E-state index contributed by atoms with van der Waals surface area (Å²) in [5, 5.41) is 11.3. The summed E-state index contributed by atoms with van der Waals surface area (Å²) in [5.74, 6) is -1.89. The monoisotopic (exact) mass is 277 g/mol.